The molecule has 1 amide bonds. The van der Waals surface area contributed by atoms with Gasteiger partial charge in [-0.3, -0.25) is 4.79 Å². The number of hydrogen-bond acceptors (Lipinski definition) is 4. The average molecular weight is 284 g/mol. The number of alkyl halides is 3. The zero-order chi connectivity index (χ0) is 14.1. The maximum absolute atomic E-state index is 11.7. The van der Waals surface area contributed by atoms with Crippen molar-refractivity contribution < 1.29 is 27.4 Å². The second kappa shape index (κ2) is 8.34. The van der Waals surface area contributed by atoms with E-state index in [9.17, 15) is 18.0 Å². The summed E-state index contributed by atoms with van der Waals surface area (Å²) in [5, 5.41) is 2.87. The fourth-order valence-electron chi connectivity index (χ4n) is 1.62. The van der Waals surface area contributed by atoms with Crippen molar-refractivity contribution in [3.8, 4) is 0 Å². The molecule has 1 fully saturated rings. The van der Waals surface area contributed by atoms with Gasteiger partial charge in [-0.15, -0.1) is 0 Å². The molecule has 0 aliphatic carbocycles. The lowest BCUT2D eigenvalue weighted by Gasteiger charge is -2.26. The first kappa shape index (κ1) is 16.2. The van der Waals surface area contributed by atoms with E-state index in [2.05, 4.69) is 10.1 Å². The molecule has 1 rings (SSSR count). The van der Waals surface area contributed by atoms with E-state index in [1.54, 1.807) is 4.90 Å². The van der Waals surface area contributed by atoms with Crippen LogP contribution in [0, 0.1) is 0 Å². The maximum Gasteiger partial charge on any atom is 0.411 e. The molecule has 112 valence electrons. The summed E-state index contributed by atoms with van der Waals surface area (Å²) in [7, 11) is 0. The Morgan fingerprint density at radius 2 is 1.95 bits per heavy atom. The highest BCUT2D eigenvalue weighted by Crippen LogP contribution is 2.13. The van der Waals surface area contributed by atoms with Crippen LogP contribution in [-0.2, 0) is 14.3 Å². The van der Waals surface area contributed by atoms with Gasteiger partial charge in [0.25, 0.3) is 0 Å². The summed E-state index contributed by atoms with van der Waals surface area (Å²) in [5.41, 5.74) is 0. The van der Waals surface area contributed by atoms with Gasteiger partial charge in [0, 0.05) is 32.6 Å². The summed E-state index contributed by atoms with van der Waals surface area (Å²) in [6.07, 6.45) is -3.95. The summed E-state index contributed by atoms with van der Waals surface area (Å²) in [5.74, 6) is 0.0343. The van der Waals surface area contributed by atoms with Gasteiger partial charge < -0.3 is 19.7 Å². The molecule has 1 N–H and O–H groups in total. The quantitative estimate of drug-likeness (QED) is 0.688. The molecule has 0 bridgehead atoms. The number of hydrogen-bond donors (Lipinski definition) is 1. The van der Waals surface area contributed by atoms with Crippen LogP contribution in [0.4, 0.5) is 13.2 Å². The number of rotatable bonds is 7. The van der Waals surface area contributed by atoms with E-state index in [1.165, 1.54) is 0 Å². The van der Waals surface area contributed by atoms with Crippen LogP contribution in [0.15, 0.2) is 0 Å². The molecule has 0 unspecified atom stereocenters. The number of nitrogens with one attached hydrogen (secondary N) is 1. The molecule has 1 heterocycles. The van der Waals surface area contributed by atoms with Crippen LogP contribution in [0.5, 0.6) is 0 Å². The minimum Gasteiger partial charge on any atom is -0.378 e. The molecule has 0 aromatic rings. The number of halogens is 3. The lowest BCUT2D eigenvalue weighted by atomic mass is 10.3. The zero-order valence-corrected chi connectivity index (χ0v) is 10.7. The topological polar surface area (TPSA) is 50.8 Å². The van der Waals surface area contributed by atoms with Crippen molar-refractivity contribution in [1.82, 2.24) is 10.2 Å². The first-order chi connectivity index (χ1) is 8.99. The number of carbonyl (C=O) groups excluding carboxylic acids is 1. The van der Waals surface area contributed by atoms with Gasteiger partial charge in [-0.1, -0.05) is 0 Å². The van der Waals surface area contributed by atoms with Crippen molar-refractivity contribution in [1.29, 1.82) is 0 Å². The molecule has 1 aliphatic heterocycles. The average Bonchev–Trinajstić information content (AvgIpc) is 2.37. The number of ether oxygens (including phenoxy) is 2. The van der Waals surface area contributed by atoms with Crippen molar-refractivity contribution in [2.45, 2.75) is 12.6 Å². The van der Waals surface area contributed by atoms with Gasteiger partial charge in [0.05, 0.1) is 19.8 Å². The largest absolute Gasteiger partial charge is 0.411 e. The molecule has 0 radical (unpaired) electrons. The van der Waals surface area contributed by atoms with Crippen molar-refractivity contribution in [3.63, 3.8) is 0 Å². The Morgan fingerprint density at radius 3 is 2.58 bits per heavy atom. The van der Waals surface area contributed by atoms with Crippen molar-refractivity contribution >= 4 is 5.91 Å². The molecular formula is C11H19F3N2O3. The Morgan fingerprint density at radius 1 is 1.26 bits per heavy atom. The SMILES string of the molecule is O=C(CCNCCOCC(F)(F)F)N1CCOCC1. The minimum absolute atomic E-state index is 0.0226. The van der Waals surface area contributed by atoms with Gasteiger partial charge in [0.2, 0.25) is 5.91 Å². The van der Waals surface area contributed by atoms with Gasteiger partial charge in [-0.2, -0.15) is 13.2 Å². The predicted octanol–water partition coefficient (Wildman–Crippen LogP) is 0.404. The summed E-state index contributed by atoms with van der Waals surface area (Å²) >= 11 is 0. The summed E-state index contributed by atoms with van der Waals surface area (Å²) in [6.45, 7) is 1.81. The van der Waals surface area contributed by atoms with Crippen LogP contribution in [0.1, 0.15) is 6.42 Å². The van der Waals surface area contributed by atoms with E-state index in [4.69, 9.17) is 4.74 Å². The Bertz CT molecular complexity index is 268. The molecule has 0 saturated carbocycles. The van der Waals surface area contributed by atoms with Crippen molar-refractivity contribution in [3.05, 3.63) is 0 Å². The van der Waals surface area contributed by atoms with E-state index in [0.29, 0.717) is 45.8 Å². The third kappa shape index (κ3) is 8.02. The van der Waals surface area contributed by atoms with E-state index in [0.717, 1.165) is 0 Å². The van der Waals surface area contributed by atoms with Crippen LogP contribution < -0.4 is 5.32 Å². The van der Waals surface area contributed by atoms with E-state index in [1.807, 2.05) is 0 Å². The first-order valence-corrected chi connectivity index (χ1v) is 6.20. The van der Waals surface area contributed by atoms with Gasteiger partial charge in [-0.05, 0) is 0 Å². The molecule has 0 spiro atoms. The smallest absolute Gasteiger partial charge is 0.378 e. The minimum atomic E-state index is -4.29. The van der Waals surface area contributed by atoms with E-state index in [-0.39, 0.29) is 12.5 Å². The lowest BCUT2D eigenvalue weighted by molar-refractivity contribution is -0.173. The number of nitrogens with zero attached hydrogens (tertiary/aromatic N) is 1. The normalized spacial score (nSPS) is 16.7. The molecule has 5 nitrogen and oxygen atoms in total. The van der Waals surface area contributed by atoms with Gasteiger partial charge in [-0.25, -0.2) is 0 Å². The Kier molecular flexibility index (Phi) is 7.11. The van der Waals surface area contributed by atoms with Gasteiger partial charge >= 0.3 is 6.18 Å². The van der Waals surface area contributed by atoms with E-state index >= 15 is 0 Å². The molecule has 0 atom stereocenters. The highest BCUT2D eigenvalue weighted by atomic mass is 19.4. The summed E-state index contributed by atoms with van der Waals surface area (Å²) in [6, 6.07) is 0. The molecule has 0 aromatic carbocycles. The van der Waals surface area contributed by atoms with E-state index < -0.39 is 12.8 Å². The second-order valence-corrected chi connectivity index (χ2v) is 4.16. The molecule has 1 saturated heterocycles. The standard InChI is InChI=1S/C11H19F3N2O3/c12-11(13,14)9-19-6-3-15-2-1-10(17)16-4-7-18-8-5-16/h15H,1-9H2. The van der Waals surface area contributed by atoms with Crippen molar-refractivity contribution in [2.75, 3.05) is 52.6 Å². The Balaban J connectivity index is 1.94. The molecular weight excluding hydrogens is 265 g/mol. The predicted molar refractivity (Wildman–Crippen MR) is 61.8 cm³/mol. The lowest BCUT2D eigenvalue weighted by Crippen LogP contribution is -2.41. The second-order valence-electron chi connectivity index (χ2n) is 4.16. The zero-order valence-electron chi connectivity index (χ0n) is 10.7. The van der Waals surface area contributed by atoms with Crippen LogP contribution in [0.3, 0.4) is 0 Å². The highest BCUT2D eigenvalue weighted by Gasteiger charge is 2.27. The van der Waals surface area contributed by atoms with Crippen LogP contribution in [-0.4, -0.2) is 69.6 Å². The maximum atomic E-state index is 11.7. The third-order valence-electron chi connectivity index (χ3n) is 2.57. The number of morpholine rings is 1. The molecule has 1 aliphatic rings. The summed E-state index contributed by atoms with van der Waals surface area (Å²) < 4.78 is 44.8. The third-order valence-corrected chi connectivity index (χ3v) is 2.57. The number of carbonyl (C=O) groups is 1. The highest BCUT2D eigenvalue weighted by molar-refractivity contribution is 5.76. The van der Waals surface area contributed by atoms with Crippen LogP contribution in [0.25, 0.3) is 0 Å². The van der Waals surface area contributed by atoms with Crippen LogP contribution >= 0.6 is 0 Å². The Hall–Kier alpha value is -0.860. The molecule has 19 heavy (non-hydrogen) atoms. The fraction of sp³-hybridized carbons (Fsp3) is 0.909. The van der Waals surface area contributed by atoms with Gasteiger partial charge in [0.15, 0.2) is 0 Å². The first-order valence-electron chi connectivity index (χ1n) is 6.20. The fourth-order valence-corrected chi connectivity index (χ4v) is 1.62. The van der Waals surface area contributed by atoms with Gasteiger partial charge in [0.1, 0.15) is 6.61 Å². The Labute approximate surface area is 110 Å². The van der Waals surface area contributed by atoms with Crippen molar-refractivity contribution in [2.24, 2.45) is 0 Å². The van der Waals surface area contributed by atoms with Crippen LogP contribution in [0.2, 0.25) is 0 Å². The molecule has 8 heteroatoms. The number of amides is 1. The molecule has 0 aromatic heterocycles. The summed E-state index contributed by atoms with van der Waals surface area (Å²) in [4.78, 5) is 13.4. The monoisotopic (exact) mass is 284 g/mol.